The molecule has 0 aromatic heterocycles. The highest BCUT2D eigenvalue weighted by molar-refractivity contribution is 7.80. The van der Waals surface area contributed by atoms with Crippen molar-refractivity contribution in [2.75, 3.05) is 11.9 Å². The second kappa shape index (κ2) is 6.20. The van der Waals surface area contributed by atoms with Crippen LogP contribution >= 0.6 is 12.2 Å². The van der Waals surface area contributed by atoms with Crippen LogP contribution in [-0.4, -0.2) is 16.6 Å². The summed E-state index contributed by atoms with van der Waals surface area (Å²) < 4.78 is 0. The van der Waals surface area contributed by atoms with Gasteiger partial charge in [-0.3, -0.25) is 0 Å². The monoisotopic (exact) mass is 272 g/mol. The zero-order chi connectivity index (χ0) is 13.7. The highest BCUT2D eigenvalue weighted by Crippen LogP contribution is 2.12. The third-order valence-electron chi connectivity index (χ3n) is 2.85. The Balaban J connectivity index is 1.85. The molecule has 2 aromatic carbocycles. The minimum absolute atomic E-state index is 0.296. The van der Waals surface area contributed by atoms with Crippen molar-refractivity contribution in [1.29, 1.82) is 0 Å². The van der Waals surface area contributed by atoms with Crippen molar-refractivity contribution in [3.8, 4) is 5.75 Å². The predicted octanol–water partition coefficient (Wildman–Crippen LogP) is 2.68. The number of nitrogens with one attached hydrogen (secondary N) is 1. The molecular weight excluding hydrogens is 256 g/mol. The molecule has 2 aromatic rings. The van der Waals surface area contributed by atoms with Crippen molar-refractivity contribution in [1.82, 2.24) is 0 Å². The quantitative estimate of drug-likeness (QED) is 0.732. The third kappa shape index (κ3) is 3.96. The summed E-state index contributed by atoms with van der Waals surface area (Å²) in [6.07, 6.45) is 0.900. The van der Waals surface area contributed by atoms with E-state index in [1.165, 1.54) is 5.56 Å². The molecule has 0 radical (unpaired) electrons. The molecule has 2 rings (SSSR count). The van der Waals surface area contributed by atoms with E-state index < -0.39 is 0 Å². The number of anilines is 1. The van der Waals surface area contributed by atoms with E-state index in [-0.39, 0.29) is 0 Å². The summed E-state index contributed by atoms with van der Waals surface area (Å²) in [6.45, 7) is 0.831. The molecule has 0 fully saturated rings. The number of phenols is 1. The van der Waals surface area contributed by atoms with Crippen molar-refractivity contribution in [2.24, 2.45) is 5.73 Å². The van der Waals surface area contributed by atoms with Crippen LogP contribution in [0, 0.1) is 0 Å². The summed E-state index contributed by atoms with van der Waals surface area (Å²) >= 11 is 4.90. The SMILES string of the molecule is NC(=S)c1ccc(NCCc2ccc(O)cc2)cc1. The first kappa shape index (κ1) is 13.4. The summed E-state index contributed by atoms with van der Waals surface area (Å²) in [5, 5.41) is 12.5. The second-order valence-corrected chi connectivity index (χ2v) is 4.72. The van der Waals surface area contributed by atoms with Gasteiger partial charge in [-0.2, -0.15) is 0 Å². The van der Waals surface area contributed by atoms with Gasteiger partial charge in [0.05, 0.1) is 0 Å². The molecule has 0 saturated heterocycles. The Hall–Kier alpha value is -2.07. The van der Waals surface area contributed by atoms with Gasteiger partial charge in [0, 0.05) is 17.8 Å². The van der Waals surface area contributed by atoms with Gasteiger partial charge < -0.3 is 16.2 Å². The van der Waals surface area contributed by atoms with E-state index in [1.54, 1.807) is 12.1 Å². The van der Waals surface area contributed by atoms with Crippen molar-refractivity contribution in [3.63, 3.8) is 0 Å². The fraction of sp³-hybridized carbons (Fsp3) is 0.133. The van der Waals surface area contributed by atoms with Gasteiger partial charge in [-0.15, -0.1) is 0 Å². The van der Waals surface area contributed by atoms with E-state index in [0.29, 0.717) is 10.7 Å². The standard InChI is InChI=1S/C15H16N2OS/c16-15(19)12-3-5-13(6-4-12)17-10-9-11-1-7-14(18)8-2-11/h1-8,17-18H,9-10H2,(H2,16,19). The van der Waals surface area contributed by atoms with Crippen LogP contribution in [0.1, 0.15) is 11.1 Å². The number of rotatable bonds is 5. The minimum atomic E-state index is 0.296. The first-order chi connectivity index (χ1) is 9.15. The topological polar surface area (TPSA) is 58.3 Å². The van der Waals surface area contributed by atoms with Crippen molar-refractivity contribution >= 4 is 22.9 Å². The number of nitrogens with two attached hydrogens (primary N) is 1. The lowest BCUT2D eigenvalue weighted by molar-refractivity contribution is 0.475. The van der Waals surface area contributed by atoms with Gasteiger partial charge in [0.15, 0.2) is 0 Å². The molecule has 0 unspecified atom stereocenters. The first-order valence-corrected chi connectivity index (χ1v) is 6.47. The van der Waals surface area contributed by atoms with Crippen LogP contribution in [0.4, 0.5) is 5.69 Å². The average molecular weight is 272 g/mol. The lowest BCUT2D eigenvalue weighted by Gasteiger charge is -2.07. The van der Waals surface area contributed by atoms with Crippen LogP contribution in [-0.2, 0) is 6.42 Å². The third-order valence-corrected chi connectivity index (χ3v) is 3.08. The lowest BCUT2D eigenvalue weighted by Crippen LogP contribution is -2.09. The van der Waals surface area contributed by atoms with Crippen LogP contribution in [0.15, 0.2) is 48.5 Å². The summed E-state index contributed by atoms with van der Waals surface area (Å²) in [4.78, 5) is 0.413. The normalized spacial score (nSPS) is 10.1. The zero-order valence-electron chi connectivity index (χ0n) is 10.5. The number of benzene rings is 2. The molecule has 0 spiro atoms. The van der Waals surface area contributed by atoms with Gasteiger partial charge in [0.25, 0.3) is 0 Å². The van der Waals surface area contributed by atoms with Gasteiger partial charge in [-0.05, 0) is 48.4 Å². The Kier molecular flexibility index (Phi) is 4.36. The molecular formula is C15H16N2OS. The predicted molar refractivity (Wildman–Crippen MR) is 82.6 cm³/mol. The van der Waals surface area contributed by atoms with E-state index in [1.807, 2.05) is 36.4 Å². The summed E-state index contributed by atoms with van der Waals surface area (Å²) in [5.74, 6) is 0.296. The molecule has 0 bridgehead atoms. The molecule has 4 heteroatoms. The number of hydrogen-bond donors (Lipinski definition) is 3. The molecule has 0 atom stereocenters. The number of hydrogen-bond acceptors (Lipinski definition) is 3. The summed E-state index contributed by atoms with van der Waals surface area (Å²) in [7, 11) is 0. The smallest absolute Gasteiger partial charge is 0.115 e. The molecule has 4 N–H and O–H groups in total. The minimum Gasteiger partial charge on any atom is -0.508 e. The van der Waals surface area contributed by atoms with Crippen molar-refractivity contribution in [3.05, 3.63) is 59.7 Å². The zero-order valence-corrected chi connectivity index (χ0v) is 11.3. The Morgan fingerprint density at radius 1 is 1.05 bits per heavy atom. The van der Waals surface area contributed by atoms with E-state index in [4.69, 9.17) is 18.0 Å². The number of phenolic OH excluding ortho intramolecular Hbond substituents is 1. The van der Waals surface area contributed by atoms with Crippen LogP contribution in [0.3, 0.4) is 0 Å². The average Bonchev–Trinajstić information content (AvgIpc) is 2.41. The highest BCUT2D eigenvalue weighted by atomic mass is 32.1. The van der Waals surface area contributed by atoms with E-state index in [0.717, 1.165) is 24.2 Å². The molecule has 0 saturated carbocycles. The van der Waals surface area contributed by atoms with E-state index in [2.05, 4.69) is 5.32 Å². The lowest BCUT2D eigenvalue weighted by atomic mass is 10.1. The Bertz CT molecular complexity index is 549. The summed E-state index contributed by atoms with van der Waals surface area (Å²) in [6, 6.07) is 15.0. The molecule has 0 aliphatic rings. The molecule has 19 heavy (non-hydrogen) atoms. The molecule has 3 nitrogen and oxygen atoms in total. The molecule has 98 valence electrons. The fourth-order valence-electron chi connectivity index (χ4n) is 1.77. The Labute approximate surface area is 118 Å². The largest absolute Gasteiger partial charge is 0.508 e. The second-order valence-electron chi connectivity index (χ2n) is 4.28. The Morgan fingerprint density at radius 3 is 2.26 bits per heavy atom. The molecule has 0 aliphatic heterocycles. The first-order valence-electron chi connectivity index (χ1n) is 6.07. The van der Waals surface area contributed by atoms with Crippen molar-refractivity contribution < 1.29 is 5.11 Å². The van der Waals surface area contributed by atoms with E-state index in [9.17, 15) is 5.11 Å². The fourth-order valence-corrected chi connectivity index (χ4v) is 1.90. The maximum atomic E-state index is 9.19. The van der Waals surface area contributed by atoms with Gasteiger partial charge in [-0.1, -0.05) is 24.4 Å². The summed E-state index contributed by atoms with van der Waals surface area (Å²) in [5.41, 5.74) is 8.64. The van der Waals surface area contributed by atoms with Crippen molar-refractivity contribution in [2.45, 2.75) is 6.42 Å². The van der Waals surface area contributed by atoms with Crippen LogP contribution in [0.2, 0.25) is 0 Å². The van der Waals surface area contributed by atoms with Gasteiger partial charge >= 0.3 is 0 Å². The highest BCUT2D eigenvalue weighted by Gasteiger charge is 1.97. The van der Waals surface area contributed by atoms with Gasteiger partial charge in [-0.25, -0.2) is 0 Å². The van der Waals surface area contributed by atoms with Crippen LogP contribution in [0.25, 0.3) is 0 Å². The van der Waals surface area contributed by atoms with Gasteiger partial charge in [0.2, 0.25) is 0 Å². The maximum absolute atomic E-state index is 9.19. The number of aromatic hydroxyl groups is 1. The molecule has 0 aliphatic carbocycles. The van der Waals surface area contributed by atoms with Crippen LogP contribution < -0.4 is 11.1 Å². The molecule has 0 heterocycles. The number of thiocarbonyl (C=S) groups is 1. The van der Waals surface area contributed by atoms with E-state index >= 15 is 0 Å². The maximum Gasteiger partial charge on any atom is 0.115 e. The Morgan fingerprint density at radius 2 is 1.68 bits per heavy atom. The molecule has 0 amide bonds. The van der Waals surface area contributed by atoms with Gasteiger partial charge in [0.1, 0.15) is 10.7 Å². The van der Waals surface area contributed by atoms with Crippen LogP contribution in [0.5, 0.6) is 5.75 Å².